The number of hydrogen-bond donors (Lipinski definition) is 1. The van der Waals surface area contributed by atoms with Crippen LogP contribution < -0.4 is 5.32 Å². The normalized spacial score (nSPS) is 15.5. The van der Waals surface area contributed by atoms with Gasteiger partial charge in [0.1, 0.15) is 6.54 Å². The summed E-state index contributed by atoms with van der Waals surface area (Å²) in [7, 11) is 0. The van der Waals surface area contributed by atoms with Crippen molar-refractivity contribution in [3.8, 4) is 0 Å². The Morgan fingerprint density at radius 2 is 2.00 bits per heavy atom. The number of fused-ring (bicyclic) bond motifs is 1. The Bertz CT molecular complexity index is 894. The van der Waals surface area contributed by atoms with Crippen molar-refractivity contribution in [3.05, 3.63) is 53.6 Å². The molecule has 2 aromatic carbocycles. The highest BCUT2D eigenvalue weighted by atomic mass is 32.2. The van der Waals surface area contributed by atoms with Crippen LogP contribution in [0.2, 0.25) is 0 Å². The van der Waals surface area contributed by atoms with Gasteiger partial charge in [-0.25, -0.2) is 4.79 Å². The molecule has 1 saturated heterocycles. The molecule has 1 aliphatic heterocycles. The van der Waals surface area contributed by atoms with Crippen molar-refractivity contribution < 1.29 is 19.1 Å². The maximum atomic E-state index is 12.3. The first kappa shape index (κ1) is 18.0. The Morgan fingerprint density at radius 1 is 1.23 bits per heavy atom. The van der Waals surface area contributed by atoms with Gasteiger partial charge in [0.15, 0.2) is 0 Å². The third kappa shape index (κ3) is 4.23. The molecule has 6 nitrogen and oxygen atoms in total. The van der Waals surface area contributed by atoms with Crippen LogP contribution in [-0.4, -0.2) is 41.6 Å². The van der Waals surface area contributed by atoms with Crippen molar-refractivity contribution in [2.45, 2.75) is 6.92 Å². The Labute approximate surface area is 155 Å². The van der Waals surface area contributed by atoms with Crippen molar-refractivity contribution in [1.29, 1.82) is 0 Å². The van der Waals surface area contributed by atoms with E-state index in [1.54, 1.807) is 6.92 Å². The monoisotopic (exact) mass is 370 g/mol. The van der Waals surface area contributed by atoms with Gasteiger partial charge < -0.3 is 10.1 Å². The number of thioether (sulfide) groups is 1. The molecule has 3 rings (SSSR count). The van der Waals surface area contributed by atoms with Crippen LogP contribution in [-0.2, 0) is 19.1 Å². The third-order valence-corrected chi connectivity index (χ3v) is 4.80. The Hall–Kier alpha value is -2.80. The fraction of sp³-hybridized carbons (Fsp3) is 0.211. The van der Waals surface area contributed by atoms with Gasteiger partial charge in [0.2, 0.25) is 11.8 Å². The summed E-state index contributed by atoms with van der Waals surface area (Å²) in [5, 5.41) is 5.32. The van der Waals surface area contributed by atoms with E-state index in [-0.39, 0.29) is 30.7 Å². The van der Waals surface area contributed by atoms with Gasteiger partial charge in [0.25, 0.3) is 0 Å². The van der Waals surface area contributed by atoms with Crippen molar-refractivity contribution in [2.24, 2.45) is 0 Å². The van der Waals surface area contributed by atoms with Gasteiger partial charge in [-0.3, -0.25) is 14.5 Å². The molecule has 134 valence electrons. The minimum Gasteiger partial charge on any atom is -0.463 e. The molecule has 7 heteroatoms. The van der Waals surface area contributed by atoms with E-state index in [0.29, 0.717) is 10.7 Å². The van der Waals surface area contributed by atoms with E-state index in [1.165, 1.54) is 22.7 Å². The summed E-state index contributed by atoms with van der Waals surface area (Å²) >= 11 is 1.22. The van der Waals surface area contributed by atoms with E-state index in [9.17, 15) is 14.4 Å². The first-order chi connectivity index (χ1) is 12.6. The molecule has 1 N–H and O–H groups in total. The highest BCUT2D eigenvalue weighted by Gasteiger charge is 2.29. The molecule has 1 aliphatic rings. The van der Waals surface area contributed by atoms with Crippen LogP contribution in [0.1, 0.15) is 6.92 Å². The SMILES string of the molecule is CCOC(=O)C=C1SCC(=O)N1CC(=O)Nc1ccc2ccccc2c1. The van der Waals surface area contributed by atoms with Crippen molar-refractivity contribution in [3.63, 3.8) is 0 Å². The summed E-state index contributed by atoms with van der Waals surface area (Å²) in [6, 6.07) is 13.5. The molecule has 0 atom stereocenters. The average Bonchev–Trinajstić information content (AvgIpc) is 2.95. The minimum absolute atomic E-state index is 0.149. The number of amides is 2. The number of carbonyl (C=O) groups is 3. The molecule has 26 heavy (non-hydrogen) atoms. The number of nitrogens with zero attached hydrogens (tertiary/aromatic N) is 1. The van der Waals surface area contributed by atoms with Gasteiger partial charge >= 0.3 is 5.97 Å². The number of nitrogens with one attached hydrogen (secondary N) is 1. The smallest absolute Gasteiger partial charge is 0.333 e. The van der Waals surface area contributed by atoms with Gasteiger partial charge in [-0.1, -0.05) is 42.1 Å². The van der Waals surface area contributed by atoms with E-state index in [4.69, 9.17) is 4.74 Å². The first-order valence-corrected chi connectivity index (χ1v) is 9.15. The zero-order chi connectivity index (χ0) is 18.5. The maximum absolute atomic E-state index is 12.3. The number of rotatable bonds is 5. The first-order valence-electron chi connectivity index (χ1n) is 8.17. The molecule has 0 bridgehead atoms. The Kier molecular flexibility index (Phi) is 5.58. The molecular formula is C19H18N2O4S. The largest absolute Gasteiger partial charge is 0.463 e. The second kappa shape index (κ2) is 8.05. The number of ether oxygens (including phenoxy) is 1. The standard InChI is InChI=1S/C19H18N2O4S/c1-2-25-19(24)10-18-21(17(23)12-26-18)11-16(22)20-15-8-7-13-5-3-4-6-14(13)9-15/h3-10H,2,11-12H2,1H3,(H,20,22). The zero-order valence-electron chi connectivity index (χ0n) is 14.2. The lowest BCUT2D eigenvalue weighted by atomic mass is 10.1. The summed E-state index contributed by atoms with van der Waals surface area (Å²) in [6.07, 6.45) is 1.25. The van der Waals surface area contributed by atoms with Gasteiger partial charge in [0, 0.05) is 5.69 Å². The molecule has 0 aromatic heterocycles. The van der Waals surface area contributed by atoms with Crippen molar-refractivity contribution >= 4 is 46.0 Å². The lowest BCUT2D eigenvalue weighted by Gasteiger charge is -2.16. The third-order valence-electron chi connectivity index (χ3n) is 3.77. The molecule has 0 saturated carbocycles. The number of esters is 1. The van der Waals surface area contributed by atoms with E-state index >= 15 is 0 Å². The number of benzene rings is 2. The van der Waals surface area contributed by atoms with Crippen LogP contribution in [0, 0.1) is 0 Å². The van der Waals surface area contributed by atoms with Crippen LogP contribution in [0.25, 0.3) is 10.8 Å². The predicted molar refractivity (Wildman–Crippen MR) is 101 cm³/mol. The highest BCUT2D eigenvalue weighted by molar-refractivity contribution is 8.04. The van der Waals surface area contributed by atoms with Gasteiger partial charge in [-0.15, -0.1) is 0 Å². The quantitative estimate of drug-likeness (QED) is 0.647. The van der Waals surface area contributed by atoms with Crippen LogP contribution in [0.3, 0.4) is 0 Å². The van der Waals surface area contributed by atoms with Crippen LogP contribution in [0.5, 0.6) is 0 Å². The molecule has 0 radical (unpaired) electrons. The lowest BCUT2D eigenvalue weighted by Crippen LogP contribution is -2.34. The van der Waals surface area contributed by atoms with Gasteiger partial charge in [-0.2, -0.15) is 0 Å². The Morgan fingerprint density at radius 3 is 2.77 bits per heavy atom. The molecule has 1 heterocycles. The van der Waals surface area contributed by atoms with Gasteiger partial charge in [0.05, 0.1) is 23.5 Å². The van der Waals surface area contributed by atoms with Crippen LogP contribution >= 0.6 is 11.8 Å². The summed E-state index contributed by atoms with van der Waals surface area (Å²) in [6.45, 7) is 1.81. The van der Waals surface area contributed by atoms with Crippen molar-refractivity contribution in [1.82, 2.24) is 4.90 Å². The Balaban J connectivity index is 1.69. The summed E-state index contributed by atoms with van der Waals surface area (Å²) in [4.78, 5) is 37.3. The summed E-state index contributed by atoms with van der Waals surface area (Å²) in [5.74, 6) is -0.858. The average molecular weight is 370 g/mol. The van der Waals surface area contributed by atoms with Crippen LogP contribution in [0.15, 0.2) is 53.6 Å². The second-order valence-corrected chi connectivity index (χ2v) is 6.61. The molecule has 0 unspecified atom stereocenters. The molecular weight excluding hydrogens is 352 g/mol. The molecule has 1 fully saturated rings. The second-order valence-electron chi connectivity index (χ2n) is 5.61. The predicted octanol–water partition coefficient (Wildman–Crippen LogP) is 2.76. The van der Waals surface area contributed by atoms with Crippen LogP contribution in [0.4, 0.5) is 5.69 Å². The molecule has 0 aliphatic carbocycles. The molecule has 2 aromatic rings. The van der Waals surface area contributed by atoms with E-state index in [2.05, 4.69) is 5.32 Å². The number of carbonyl (C=O) groups excluding carboxylic acids is 3. The topological polar surface area (TPSA) is 75.7 Å². The van der Waals surface area contributed by atoms with E-state index < -0.39 is 5.97 Å². The molecule has 2 amide bonds. The lowest BCUT2D eigenvalue weighted by molar-refractivity contribution is -0.137. The van der Waals surface area contributed by atoms with E-state index in [1.807, 2.05) is 42.5 Å². The summed E-state index contributed by atoms with van der Waals surface area (Å²) < 4.78 is 4.86. The highest BCUT2D eigenvalue weighted by Crippen LogP contribution is 2.28. The van der Waals surface area contributed by atoms with Crippen molar-refractivity contribution in [2.75, 3.05) is 24.2 Å². The maximum Gasteiger partial charge on any atom is 0.333 e. The fourth-order valence-electron chi connectivity index (χ4n) is 2.60. The summed E-state index contributed by atoms with van der Waals surface area (Å²) in [5.41, 5.74) is 0.656. The number of hydrogen-bond acceptors (Lipinski definition) is 5. The fourth-order valence-corrected chi connectivity index (χ4v) is 3.52. The molecule has 0 spiro atoms. The zero-order valence-corrected chi connectivity index (χ0v) is 15.0. The van der Waals surface area contributed by atoms with E-state index in [0.717, 1.165) is 10.8 Å². The number of anilines is 1. The minimum atomic E-state index is -0.523. The van der Waals surface area contributed by atoms with Gasteiger partial charge in [-0.05, 0) is 29.8 Å².